The van der Waals surface area contributed by atoms with Gasteiger partial charge in [-0.2, -0.15) is 0 Å². The quantitative estimate of drug-likeness (QED) is 0.781. The first kappa shape index (κ1) is 18.9. The Labute approximate surface area is 158 Å². The van der Waals surface area contributed by atoms with E-state index in [1.807, 2.05) is 36.4 Å². The van der Waals surface area contributed by atoms with E-state index in [1.54, 1.807) is 6.92 Å². The van der Waals surface area contributed by atoms with Gasteiger partial charge in [0.15, 0.2) is 5.54 Å². The standard InChI is InChI=1S/C21H23NO5/c1-3-26-13-21(2,19(23)24)22-20(25)27-12-18-16-10-6-4-8-14(16)15-9-5-7-11-17(15)18/h4-11,18H,3,12-13H2,1-2H3,(H,22,25)(H,23,24)/t21-/m0/s1. The molecular formula is C21H23NO5. The summed E-state index contributed by atoms with van der Waals surface area (Å²) in [6, 6.07) is 16.0. The van der Waals surface area contributed by atoms with Crippen LogP contribution in [0.4, 0.5) is 4.79 Å². The molecular weight excluding hydrogens is 346 g/mol. The Morgan fingerprint density at radius 3 is 2.15 bits per heavy atom. The Hall–Kier alpha value is -2.86. The number of rotatable bonds is 7. The average Bonchev–Trinajstić information content (AvgIpc) is 2.98. The molecule has 1 atom stereocenters. The van der Waals surface area contributed by atoms with Crippen molar-refractivity contribution in [1.29, 1.82) is 0 Å². The van der Waals surface area contributed by atoms with E-state index in [-0.39, 0.29) is 19.1 Å². The minimum absolute atomic E-state index is 0.0777. The number of hydrogen-bond donors (Lipinski definition) is 2. The highest BCUT2D eigenvalue weighted by atomic mass is 16.6. The smallest absolute Gasteiger partial charge is 0.408 e. The zero-order valence-electron chi connectivity index (χ0n) is 15.4. The van der Waals surface area contributed by atoms with Crippen LogP contribution < -0.4 is 5.32 Å². The van der Waals surface area contributed by atoms with Crippen molar-refractivity contribution >= 4 is 12.1 Å². The number of nitrogens with one attached hydrogen (secondary N) is 1. The van der Waals surface area contributed by atoms with Crippen molar-refractivity contribution in [3.63, 3.8) is 0 Å². The van der Waals surface area contributed by atoms with Crippen LogP contribution in [-0.2, 0) is 14.3 Å². The zero-order valence-corrected chi connectivity index (χ0v) is 15.4. The van der Waals surface area contributed by atoms with Crippen LogP contribution in [0.5, 0.6) is 0 Å². The first-order valence-electron chi connectivity index (χ1n) is 8.90. The van der Waals surface area contributed by atoms with Crippen molar-refractivity contribution in [3.8, 4) is 11.1 Å². The van der Waals surface area contributed by atoms with Gasteiger partial charge in [0, 0.05) is 12.5 Å². The molecule has 6 nitrogen and oxygen atoms in total. The Morgan fingerprint density at radius 2 is 1.63 bits per heavy atom. The van der Waals surface area contributed by atoms with Gasteiger partial charge in [0.05, 0.1) is 6.61 Å². The molecule has 0 saturated heterocycles. The third-order valence-corrected chi connectivity index (χ3v) is 4.79. The predicted octanol–water partition coefficient (Wildman–Crippen LogP) is 3.40. The highest BCUT2D eigenvalue weighted by Gasteiger charge is 2.36. The van der Waals surface area contributed by atoms with Crippen LogP contribution >= 0.6 is 0 Å². The summed E-state index contributed by atoms with van der Waals surface area (Å²) in [4.78, 5) is 23.8. The molecule has 3 rings (SSSR count). The number of hydrogen-bond acceptors (Lipinski definition) is 4. The second-order valence-electron chi connectivity index (χ2n) is 6.72. The zero-order chi connectivity index (χ0) is 19.4. The van der Waals surface area contributed by atoms with Gasteiger partial charge in [0.1, 0.15) is 6.61 Å². The van der Waals surface area contributed by atoms with E-state index in [2.05, 4.69) is 17.4 Å². The third kappa shape index (κ3) is 3.80. The number of ether oxygens (including phenoxy) is 2. The van der Waals surface area contributed by atoms with Gasteiger partial charge in [0.2, 0.25) is 0 Å². The molecule has 1 aliphatic rings. The summed E-state index contributed by atoms with van der Waals surface area (Å²) in [5.41, 5.74) is 2.92. The molecule has 0 radical (unpaired) electrons. The Kier molecular flexibility index (Phi) is 5.46. The predicted molar refractivity (Wildman–Crippen MR) is 101 cm³/mol. The molecule has 2 N–H and O–H groups in total. The fourth-order valence-corrected chi connectivity index (χ4v) is 3.32. The highest BCUT2D eigenvalue weighted by molar-refractivity contribution is 5.84. The van der Waals surface area contributed by atoms with Gasteiger partial charge in [-0.1, -0.05) is 48.5 Å². The van der Waals surface area contributed by atoms with Gasteiger partial charge in [-0.3, -0.25) is 0 Å². The summed E-state index contributed by atoms with van der Waals surface area (Å²) in [7, 11) is 0. The Balaban J connectivity index is 1.71. The molecule has 2 aromatic carbocycles. The molecule has 2 aromatic rings. The van der Waals surface area contributed by atoms with Gasteiger partial charge in [-0.25, -0.2) is 9.59 Å². The van der Waals surface area contributed by atoms with Gasteiger partial charge >= 0.3 is 12.1 Å². The SMILES string of the molecule is CCOC[C@](C)(NC(=O)OCC1c2ccccc2-c2ccccc21)C(=O)O. The summed E-state index contributed by atoms with van der Waals surface area (Å²) in [5.74, 6) is -1.25. The van der Waals surface area contributed by atoms with Crippen molar-refractivity contribution in [3.05, 3.63) is 59.7 Å². The first-order valence-corrected chi connectivity index (χ1v) is 8.90. The molecule has 1 amide bonds. The maximum absolute atomic E-state index is 12.3. The summed E-state index contributed by atoms with van der Waals surface area (Å²) in [6.07, 6.45) is -0.776. The number of carboxylic acids is 1. The van der Waals surface area contributed by atoms with Gasteiger partial charge < -0.3 is 19.9 Å². The fourth-order valence-electron chi connectivity index (χ4n) is 3.32. The van der Waals surface area contributed by atoms with Crippen molar-refractivity contribution in [2.45, 2.75) is 25.3 Å². The molecule has 6 heteroatoms. The Morgan fingerprint density at radius 1 is 1.07 bits per heavy atom. The Bertz CT molecular complexity index is 804. The summed E-state index contributed by atoms with van der Waals surface area (Å²) >= 11 is 0. The minimum Gasteiger partial charge on any atom is -0.479 e. The van der Waals surface area contributed by atoms with Crippen LogP contribution in [0.15, 0.2) is 48.5 Å². The van der Waals surface area contributed by atoms with Gasteiger partial charge in [-0.05, 0) is 36.1 Å². The summed E-state index contributed by atoms with van der Waals surface area (Å²) in [6.45, 7) is 3.50. The lowest BCUT2D eigenvalue weighted by molar-refractivity contribution is -0.146. The van der Waals surface area contributed by atoms with Gasteiger partial charge in [0.25, 0.3) is 0 Å². The average molecular weight is 369 g/mol. The number of alkyl carbamates (subject to hydrolysis) is 1. The molecule has 0 saturated carbocycles. The number of amides is 1. The van der Waals surface area contributed by atoms with E-state index in [0.717, 1.165) is 22.3 Å². The molecule has 27 heavy (non-hydrogen) atoms. The fraction of sp³-hybridized carbons (Fsp3) is 0.333. The third-order valence-electron chi connectivity index (χ3n) is 4.79. The maximum atomic E-state index is 12.3. The normalized spacial score (nSPS) is 14.7. The number of carbonyl (C=O) groups is 2. The lowest BCUT2D eigenvalue weighted by atomic mass is 9.98. The lowest BCUT2D eigenvalue weighted by Gasteiger charge is -2.25. The van der Waals surface area contributed by atoms with Crippen LogP contribution in [0, 0.1) is 0 Å². The first-order chi connectivity index (χ1) is 13.0. The lowest BCUT2D eigenvalue weighted by Crippen LogP contribution is -2.55. The number of carboxylic acid groups (broad SMARTS) is 1. The van der Waals surface area contributed by atoms with Crippen LogP contribution in [0.25, 0.3) is 11.1 Å². The number of carbonyl (C=O) groups excluding carboxylic acids is 1. The van der Waals surface area contributed by atoms with Crippen molar-refractivity contribution in [1.82, 2.24) is 5.32 Å². The van der Waals surface area contributed by atoms with E-state index in [9.17, 15) is 14.7 Å². The molecule has 1 aliphatic carbocycles. The molecule has 142 valence electrons. The topological polar surface area (TPSA) is 84.9 Å². The molecule has 0 fully saturated rings. The number of benzene rings is 2. The molecule has 0 heterocycles. The molecule has 0 bridgehead atoms. The van der Waals surface area contributed by atoms with Crippen molar-refractivity contribution < 1.29 is 24.2 Å². The van der Waals surface area contributed by atoms with Crippen molar-refractivity contribution in [2.75, 3.05) is 19.8 Å². The van der Waals surface area contributed by atoms with Crippen LogP contribution in [-0.4, -0.2) is 42.5 Å². The number of aliphatic carboxylic acids is 1. The maximum Gasteiger partial charge on any atom is 0.408 e. The summed E-state index contributed by atoms with van der Waals surface area (Å²) in [5, 5.41) is 11.8. The number of fused-ring (bicyclic) bond motifs is 3. The van der Waals surface area contributed by atoms with E-state index in [1.165, 1.54) is 6.92 Å². The molecule has 0 unspecified atom stereocenters. The van der Waals surface area contributed by atoms with Crippen LogP contribution in [0.1, 0.15) is 30.9 Å². The van der Waals surface area contributed by atoms with Crippen LogP contribution in [0.3, 0.4) is 0 Å². The van der Waals surface area contributed by atoms with Crippen molar-refractivity contribution in [2.24, 2.45) is 0 Å². The summed E-state index contributed by atoms with van der Waals surface area (Å²) < 4.78 is 10.6. The van der Waals surface area contributed by atoms with E-state index in [4.69, 9.17) is 9.47 Å². The van der Waals surface area contributed by atoms with E-state index in [0.29, 0.717) is 6.61 Å². The minimum atomic E-state index is -1.54. The van der Waals surface area contributed by atoms with E-state index >= 15 is 0 Å². The molecule has 0 aliphatic heterocycles. The second kappa shape index (κ2) is 7.80. The largest absolute Gasteiger partial charge is 0.479 e. The van der Waals surface area contributed by atoms with Crippen LogP contribution in [0.2, 0.25) is 0 Å². The second-order valence-corrected chi connectivity index (χ2v) is 6.72. The van der Waals surface area contributed by atoms with E-state index < -0.39 is 17.6 Å². The molecule has 0 spiro atoms. The highest BCUT2D eigenvalue weighted by Crippen LogP contribution is 2.44. The van der Waals surface area contributed by atoms with Gasteiger partial charge in [-0.15, -0.1) is 0 Å². The molecule has 0 aromatic heterocycles. The monoisotopic (exact) mass is 369 g/mol.